The summed E-state index contributed by atoms with van der Waals surface area (Å²) in [7, 11) is 0. The number of nitrogens with one attached hydrogen (secondary N) is 1. The van der Waals surface area contributed by atoms with Crippen molar-refractivity contribution in [3.05, 3.63) is 27.7 Å². The first-order chi connectivity index (χ1) is 8.59. The van der Waals surface area contributed by atoms with Crippen molar-refractivity contribution in [3.63, 3.8) is 0 Å². The van der Waals surface area contributed by atoms with E-state index in [1.165, 1.54) is 6.07 Å². The van der Waals surface area contributed by atoms with Gasteiger partial charge in [-0.2, -0.15) is 4.39 Å². The molecule has 1 saturated heterocycles. The minimum Gasteiger partial charge on any atom is -0.504 e. The van der Waals surface area contributed by atoms with Crippen molar-refractivity contribution in [1.29, 1.82) is 0 Å². The van der Waals surface area contributed by atoms with E-state index in [4.69, 9.17) is 0 Å². The molecule has 3 nitrogen and oxygen atoms in total. The first-order valence-electron chi connectivity index (χ1n) is 5.88. The lowest BCUT2D eigenvalue weighted by atomic mass is 10.1. The summed E-state index contributed by atoms with van der Waals surface area (Å²) in [5.74, 6) is -2.80. The molecular weight excluding hydrogens is 306 g/mol. The van der Waals surface area contributed by atoms with Crippen LogP contribution in [0.2, 0.25) is 0 Å². The van der Waals surface area contributed by atoms with Gasteiger partial charge >= 0.3 is 0 Å². The second kappa shape index (κ2) is 5.95. The van der Waals surface area contributed by atoms with Crippen molar-refractivity contribution in [2.24, 2.45) is 0 Å². The molecule has 0 unspecified atom stereocenters. The van der Waals surface area contributed by atoms with Gasteiger partial charge in [0, 0.05) is 32.7 Å². The number of phenols is 1. The van der Waals surface area contributed by atoms with Crippen LogP contribution in [0.5, 0.6) is 5.75 Å². The molecule has 0 bridgehead atoms. The zero-order chi connectivity index (χ0) is 13.1. The molecule has 0 radical (unpaired) electrons. The first-order valence-corrected chi connectivity index (χ1v) is 6.67. The van der Waals surface area contributed by atoms with Crippen LogP contribution < -0.4 is 5.32 Å². The molecule has 1 aliphatic rings. The van der Waals surface area contributed by atoms with Gasteiger partial charge in [-0.05, 0) is 34.0 Å². The van der Waals surface area contributed by atoms with Crippen LogP contribution in [0.3, 0.4) is 0 Å². The van der Waals surface area contributed by atoms with Crippen molar-refractivity contribution < 1.29 is 13.9 Å². The topological polar surface area (TPSA) is 35.5 Å². The molecule has 1 aliphatic heterocycles. The molecule has 2 rings (SSSR count). The van der Waals surface area contributed by atoms with Crippen LogP contribution in [0.15, 0.2) is 10.5 Å². The number of phenolic OH excluding ortho intramolecular Hbond substituents is 1. The zero-order valence-corrected chi connectivity index (χ0v) is 11.4. The number of rotatable bonds is 3. The Kier molecular flexibility index (Phi) is 4.53. The second-order valence-electron chi connectivity index (χ2n) is 4.34. The van der Waals surface area contributed by atoms with Crippen LogP contribution in [0, 0.1) is 11.6 Å². The summed E-state index contributed by atoms with van der Waals surface area (Å²) in [6.45, 7) is 4.38. The normalized spacial score (nSPS) is 17.1. The maximum atomic E-state index is 13.6. The van der Waals surface area contributed by atoms with E-state index < -0.39 is 17.4 Å². The molecule has 18 heavy (non-hydrogen) atoms. The first kappa shape index (κ1) is 13.7. The largest absolute Gasteiger partial charge is 0.504 e. The second-order valence-corrected chi connectivity index (χ2v) is 5.19. The molecular formula is C12H15BrF2N2O. The third-order valence-corrected chi connectivity index (χ3v) is 3.72. The van der Waals surface area contributed by atoms with E-state index in [1.807, 2.05) is 0 Å². The highest BCUT2D eigenvalue weighted by molar-refractivity contribution is 9.10. The summed E-state index contributed by atoms with van der Waals surface area (Å²) in [5, 5.41) is 12.5. The summed E-state index contributed by atoms with van der Waals surface area (Å²) >= 11 is 3.02. The molecule has 0 spiro atoms. The third-order valence-electron chi connectivity index (χ3n) is 3.12. The molecule has 0 aromatic heterocycles. The fourth-order valence-corrected chi connectivity index (χ4v) is 2.48. The number of hydrogen-bond acceptors (Lipinski definition) is 3. The Morgan fingerprint density at radius 2 is 1.94 bits per heavy atom. The van der Waals surface area contributed by atoms with Crippen LogP contribution in [0.4, 0.5) is 8.78 Å². The van der Waals surface area contributed by atoms with Gasteiger partial charge in [0.05, 0.1) is 4.47 Å². The number of halogens is 3. The molecule has 0 aliphatic carbocycles. The third kappa shape index (κ3) is 2.99. The average molecular weight is 321 g/mol. The fraction of sp³-hybridized carbons (Fsp3) is 0.500. The van der Waals surface area contributed by atoms with E-state index in [0.717, 1.165) is 26.2 Å². The molecule has 0 amide bonds. The Hall–Kier alpha value is -0.720. The Morgan fingerprint density at radius 1 is 1.28 bits per heavy atom. The van der Waals surface area contributed by atoms with Gasteiger partial charge in [-0.3, -0.25) is 0 Å². The minimum atomic E-state index is -1.18. The predicted octanol–water partition coefficient (Wildman–Crippen LogP) is 1.88. The van der Waals surface area contributed by atoms with Crippen LogP contribution in [0.1, 0.15) is 5.56 Å². The van der Waals surface area contributed by atoms with Gasteiger partial charge in [-0.1, -0.05) is 0 Å². The van der Waals surface area contributed by atoms with Gasteiger partial charge < -0.3 is 15.3 Å². The predicted molar refractivity (Wildman–Crippen MR) is 68.7 cm³/mol. The van der Waals surface area contributed by atoms with Crippen molar-refractivity contribution in [2.45, 2.75) is 6.42 Å². The Morgan fingerprint density at radius 3 is 2.61 bits per heavy atom. The fourth-order valence-electron chi connectivity index (χ4n) is 2.03. The lowest BCUT2D eigenvalue weighted by molar-refractivity contribution is 0.242. The highest BCUT2D eigenvalue weighted by Crippen LogP contribution is 2.31. The molecule has 6 heteroatoms. The smallest absolute Gasteiger partial charge is 0.201 e. The summed E-state index contributed by atoms with van der Waals surface area (Å²) in [4.78, 5) is 2.20. The minimum absolute atomic E-state index is 0.191. The quantitative estimate of drug-likeness (QED) is 0.835. The molecule has 0 saturated carbocycles. The van der Waals surface area contributed by atoms with Gasteiger partial charge in [-0.25, -0.2) is 4.39 Å². The summed E-state index contributed by atoms with van der Waals surface area (Å²) in [6, 6.07) is 1.44. The maximum absolute atomic E-state index is 13.6. The monoisotopic (exact) mass is 320 g/mol. The van der Waals surface area contributed by atoms with E-state index in [0.29, 0.717) is 13.0 Å². The lowest BCUT2D eigenvalue weighted by Gasteiger charge is -2.27. The lowest BCUT2D eigenvalue weighted by Crippen LogP contribution is -2.44. The number of nitrogens with zero attached hydrogens (tertiary/aromatic N) is 1. The van der Waals surface area contributed by atoms with E-state index in [-0.39, 0.29) is 10.0 Å². The summed E-state index contributed by atoms with van der Waals surface area (Å²) in [5.41, 5.74) is 0.288. The zero-order valence-electron chi connectivity index (χ0n) is 9.85. The van der Waals surface area contributed by atoms with Crippen LogP contribution in [-0.4, -0.2) is 42.7 Å². The molecule has 2 N–H and O–H groups in total. The molecule has 1 heterocycles. The van der Waals surface area contributed by atoms with Gasteiger partial charge in [0.2, 0.25) is 5.82 Å². The number of piperazine rings is 1. The van der Waals surface area contributed by atoms with Crippen LogP contribution >= 0.6 is 15.9 Å². The highest BCUT2D eigenvalue weighted by atomic mass is 79.9. The van der Waals surface area contributed by atoms with E-state index >= 15 is 0 Å². The van der Waals surface area contributed by atoms with Gasteiger partial charge in [0.25, 0.3) is 0 Å². The number of benzene rings is 1. The molecule has 1 fully saturated rings. The molecule has 1 aromatic rings. The van der Waals surface area contributed by atoms with Crippen LogP contribution in [-0.2, 0) is 6.42 Å². The van der Waals surface area contributed by atoms with Crippen molar-refractivity contribution in [1.82, 2.24) is 10.2 Å². The van der Waals surface area contributed by atoms with Gasteiger partial charge in [0.1, 0.15) is 0 Å². The number of aromatic hydroxyl groups is 1. The average Bonchev–Trinajstić information content (AvgIpc) is 2.40. The highest BCUT2D eigenvalue weighted by Gasteiger charge is 2.17. The Bertz CT molecular complexity index is 437. The Labute approximate surface area is 113 Å². The molecule has 0 atom stereocenters. The number of hydrogen-bond donors (Lipinski definition) is 2. The van der Waals surface area contributed by atoms with Gasteiger partial charge in [-0.15, -0.1) is 0 Å². The maximum Gasteiger partial charge on any atom is 0.201 e. The van der Waals surface area contributed by atoms with Crippen molar-refractivity contribution >= 4 is 15.9 Å². The summed E-state index contributed by atoms with van der Waals surface area (Å²) < 4.78 is 27.1. The van der Waals surface area contributed by atoms with E-state index in [2.05, 4.69) is 26.1 Å². The summed E-state index contributed by atoms with van der Waals surface area (Å²) in [6.07, 6.45) is 0.432. The standard InChI is InChI=1S/C12H15BrF2N2O/c13-9-7-8(10(14)11(15)12(9)18)1-4-17-5-2-16-3-6-17/h7,16,18H,1-6H2. The SMILES string of the molecule is Oc1c(Br)cc(CCN2CCNCC2)c(F)c1F. The van der Waals surface area contributed by atoms with E-state index in [1.54, 1.807) is 0 Å². The Balaban J connectivity index is 2.05. The van der Waals surface area contributed by atoms with Crippen molar-refractivity contribution in [3.8, 4) is 5.75 Å². The molecule has 100 valence electrons. The van der Waals surface area contributed by atoms with Crippen molar-refractivity contribution in [2.75, 3.05) is 32.7 Å². The van der Waals surface area contributed by atoms with E-state index in [9.17, 15) is 13.9 Å². The molecule has 1 aromatic carbocycles. The van der Waals surface area contributed by atoms with Crippen LogP contribution in [0.25, 0.3) is 0 Å². The van der Waals surface area contributed by atoms with Gasteiger partial charge in [0.15, 0.2) is 11.6 Å².